The van der Waals surface area contributed by atoms with E-state index in [1.54, 1.807) is 41.2 Å². The highest BCUT2D eigenvalue weighted by Gasteiger charge is 2.32. The molecule has 1 fully saturated rings. The van der Waals surface area contributed by atoms with E-state index in [2.05, 4.69) is 27.2 Å². The van der Waals surface area contributed by atoms with Crippen LogP contribution in [-0.2, 0) is 4.84 Å². The number of carbonyl (C=O) groups excluding carboxylic acids is 1. The zero-order valence-corrected chi connectivity index (χ0v) is 17.2. The van der Waals surface area contributed by atoms with Crippen LogP contribution >= 0.6 is 0 Å². The van der Waals surface area contributed by atoms with Crippen LogP contribution in [0.4, 0.5) is 19.3 Å². The number of benzene rings is 2. The summed E-state index contributed by atoms with van der Waals surface area (Å²) in [5.41, 5.74) is 2.84. The average Bonchev–Trinajstić information content (AvgIpc) is 3.45. The molecule has 3 heterocycles. The minimum absolute atomic E-state index is 0.259. The summed E-state index contributed by atoms with van der Waals surface area (Å²) in [6, 6.07) is 12.7. The number of carbonyl (C=O) groups is 1. The van der Waals surface area contributed by atoms with E-state index < -0.39 is 23.7 Å². The fraction of sp³-hybridized carbons (Fsp3) is 0.125. The number of halogens is 2. The quantitative estimate of drug-likeness (QED) is 0.467. The summed E-state index contributed by atoms with van der Waals surface area (Å²) >= 11 is 0. The lowest BCUT2D eigenvalue weighted by Gasteiger charge is -2.23. The molecule has 0 aliphatic carbocycles. The Bertz CT molecular complexity index is 1390. The van der Waals surface area contributed by atoms with E-state index in [1.807, 2.05) is 12.1 Å². The van der Waals surface area contributed by atoms with Crippen LogP contribution in [0, 0.1) is 23.5 Å². The first-order chi connectivity index (χ1) is 16.1. The van der Waals surface area contributed by atoms with Crippen molar-refractivity contribution in [2.45, 2.75) is 12.5 Å². The van der Waals surface area contributed by atoms with Crippen molar-refractivity contribution < 1.29 is 18.4 Å². The Morgan fingerprint density at radius 1 is 1.09 bits per heavy atom. The molecular weight excluding hydrogens is 428 g/mol. The predicted molar refractivity (Wildman–Crippen MR) is 116 cm³/mol. The molecule has 1 saturated heterocycles. The second kappa shape index (κ2) is 8.68. The minimum atomic E-state index is -0.704. The molecule has 164 valence electrons. The van der Waals surface area contributed by atoms with E-state index in [4.69, 9.17) is 4.84 Å². The van der Waals surface area contributed by atoms with Crippen molar-refractivity contribution in [2.24, 2.45) is 0 Å². The molecule has 1 atom stereocenters. The largest absolute Gasteiger partial charge is 0.346 e. The molecule has 0 unspecified atom stereocenters. The molecule has 33 heavy (non-hydrogen) atoms. The van der Waals surface area contributed by atoms with E-state index in [0.29, 0.717) is 34.6 Å². The number of rotatable bonds is 2. The summed E-state index contributed by atoms with van der Waals surface area (Å²) in [5.74, 6) is 4.66. The van der Waals surface area contributed by atoms with Crippen molar-refractivity contribution in [2.75, 3.05) is 11.9 Å². The van der Waals surface area contributed by atoms with Gasteiger partial charge in [0.05, 0.1) is 18.8 Å². The van der Waals surface area contributed by atoms with Crippen molar-refractivity contribution >= 4 is 17.4 Å². The Morgan fingerprint density at radius 2 is 1.94 bits per heavy atom. The van der Waals surface area contributed by atoms with Crippen LogP contribution in [0.25, 0.3) is 5.65 Å². The van der Waals surface area contributed by atoms with Gasteiger partial charge >= 0.3 is 6.03 Å². The number of imidazole rings is 1. The highest BCUT2D eigenvalue weighted by atomic mass is 19.1. The third-order valence-electron chi connectivity index (χ3n) is 5.10. The number of anilines is 1. The second-order valence-corrected chi connectivity index (χ2v) is 7.36. The fourth-order valence-corrected chi connectivity index (χ4v) is 3.64. The van der Waals surface area contributed by atoms with Crippen LogP contribution < -0.4 is 5.32 Å². The van der Waals surface area contributed by atoms with Gasteiger partial charge in [-0.3, -0.25) is 4.84 Å². The van der Waals surface area contributed by atoms with E-state index in [1.165, 1.54) is 12.1 Å². The Labute approximate surface area is 187 Å². The summed E-state index contributed by atoms with van der Waals surface area (Å²) in [6.45, 7) is 0.259. The zero-order chi connectivity index (χ0) is 22.8. The van der Waals surface area contributed by atoms with Crippen molar-refractivity contribution in [3.63, 3.8) is 0 Å². The number of fused-ring (bicyclic) bond motifs is 1. The number of urea groups is 1. The number of hydrogen-bond acceptors (Lipinski definition) is 4. The zero-order valence-electron chi connectivity index (χ0n) is 17.2. The van der Waals surface area contributed by atoms with E-state index in [0.717, 1.165) is 11.1 Å². The summed E-state index contributed by atoms with van der Waals surface area (Å²) < 4.78 is 28.9. The summed E-state index contributed by atoms with van der Waals surface area (Å²) in [6.07, 6.45) is 3.72. The SMILES string of the molecule is O=C(Nc1cccc(C#Cc2cnc3cccnn23)c1)N1OCC[C@@H]1c1cc(F)cc(F)c1. The molecule has 4 aromatic rings. The number of nitrogens with one attached hydrogen (secondary N) is 1. The topological polar surface area (TPSA) is 71.8 Å². The van der Waals surface area contributed by atoms with Gasteiger partial charge in [0.2, 0.25) is 0 Å². The van der Waals surface area contributed by atoms with Crippen LogP contribution in [-0.4, -0.2) is 32.3 Å². The highest BCUT2D eigenvalue weighted by Crippen LogP contribution is 2.31. The van der Waals surface area contributed by atoms with Crippen LogP contribution in [0.5, 0.6) is 0 Å². The van der Waals surface area contributed by atoms with Gasteiger partial charge in [0, 0.05) is 29.9 Å². The lowest BCUT2D eigenvalue weighted by atomic mass is 10.0. The third-order valence-corrected chi connectivity index (χ3v) is 5.10. The van der Waals surface area contributed by atoms with Crippen LogP contribution in [0.1, 0.15) is 29.3 Å². The van der Waals surface area contributed by atoms with Gasteiger partial charge in [0.1, 0.15) is 17.3 Å². The number of hydroxylamine groups is 2. The number of amides is 2. The molecule has 1 aliphatic rings. The van der Waals surface area contributed by atoms with Gasteiger partial charge in [-0.2, -0.15) is 10.2 Å². The van der Waals surface area contributed by atoms with Gasteiger partial charge in [-0.05, 0) is 53.9 Å². The minimum Gasteiger partial charge on any atom is -0.306 e. The van der Waals surface area contributed by atoms with E-state index in [9.17, 15) is 13.6 Å². The van der Waals surface area contributed by atoms with Gasteiger partial charge in [0.15, 0.2) is 5.65 Å². The van der Waals surface area contributed by atoms with Gasteiger partial charge in [-0.25, -0.2) is 23.1 Å². The normalized spacial score (nSPS) is 15.3. The smallest absolute Gasteiger partial charge is 0.306 e. The Balaban J connectivity index is 1.33. The van der Waals surface area contributed by atoms with Gasteiger partial charge < -0.3 is 5.32 Å². The van der Waals surface area contributed by atoms with Gasteiger partial charge in [-0.1, -0.05) is 12.0 Å². The lowest BCUT2D eigenvalue weighted by Crippen LogP contribution is -2.33. The molecule has 2 aromatic heterocycles. The summed E-state index contributed by atoms with van der Waals surface area (Å²) in [5, 5.41) is 8.09. The molecule has 7 nitrogen and oxygen atoms in total. The lowest BCUT2D eigenvalue weighted by molar-refractivity contribution is -0.0830. The fourth-order valence-electron chi connectivity index (χ4n) is 3.64. The number of aromatic nitrogens is 3. The number of hydrogen-bond donors (Lipinski definition) is 1. The first-order valence-electron chi connectivity index (χ1n) is 10.2. The van der Waals surface area contributed by atoms with Crippen molar-refractivity contribution in [1.82, 2.24) is 19.7 Å². The maximum absolute atomic E-state index is 13.6. The Hall–Kier alpha value is -4.29. The van der Waals surface area contributed by atoms with E-state index >= 15 is 0 Å². The third kappa shape index (κ3) is 4.37. The van der Waals surface area contributed by atoms with E-state index in [-0.39, 0.29) is 6.61 Å². The summed E-state index contributed by atoms with van der Waals surface area (Å²) in [7, 11) is 0. The second-order valence-electron chi connectivity index (χ2n) is 7.36. The van der Waals surface area contributed by atoms with Crippen molar-refractivity contribution in [3.05, 3.63) is 95.4 Å². The Morgan fingerprint density at radius 3 is 2.79 bits per heavy atom. The maximum atomic E-state index is 13.6. The number of nitrogens with zero attached hydrogens (tertiary/aromatic N) is 4. The molecule has 5 rings (SSSR count). The molecule has 9 heteroatoms. The predicted octanol–water partition coefficient (Wildman–Crippen LogP) is 4.32. The molecule has 2 amide bonds. The molecular formula is C24H17F2N5O2. The monoisotopic (exact) mass is 445 g/mol. The molecule has 1 aliphatic heterocycles. The molecule has 0 spiro atoms. The molecule has 2 aromatic carbocycles. The molecule has 0 radical (unpaired) electrons. The van der Waals surface area contributed by atoms with Crippen LogP contribution in [0.3, 0.4) is 0 Å². The first-order valence-corrected chi connectivity index (χ1v) is 10.2. The first kappa shape index (κ1) is 20.6. The van der Waals surface area contributed by atoms with Crippen LogP contribution in [0.2, 0.25) is 0 Å². The van der Waals surface area contributed by atoms with Gasteiger partial charge in [0.25, 0.3) is 0 Å². The molecule has 1 N–H and O–H groups in total. The maximum Gasteiger partial charge on any atom is 0.346 e. The van der Waals surface area contributed by atoms with Crippen molar-refractivity contribution in [3.8, 4) is 11.8 Å². The summed E-state index contributed by atoms with van der Waals surface area (Å²) in [4.78, 5) is 22.5. The molecule has 0 saturated carbocycles. The highest BCUT2D eigenvalue weighted by molar-refractivity contribution is 5.89. The Kier molecular flexibility index (Phi) is 5.42. The van der Waals surface area contributed by atoms with Crippen molar-refractivity contribution in [1.29, 1.82) is 0 Å². The standard InChI is InChI=1S/C24H17F2N5O2/c25-18-12-17(13-19(26)14-18)22-8-10-33-31(22)24(32)29-20-4-1-3-16(11-20)6-7-21-15-27-23-5-2-9-28-30(21)23/h1-5,9,11-15,22H,8,10H2,(H,29,32)/t22-/m1/s1. The van der Waals surface area contributed by atoms with Crippen LogP contribution in [0.15, 0.2) is 67.0 Å². The van der Waals surface area contributed by atoms with Gasteiger partial charge in [-0.15, -0.1) is 0 Å². The molecule has 0 bridgehead atoms. The average molecular weight is 445 g/mol.